The van der Waals surface area contributed by atoms with Crippen molar-refractivity contribution >= 4 is 8.32 Å². The van der Waals surface area contributed by atoms with Crippen LogP contribution in [-0.2, 0) is 9.16 Å². The molecule has 3 rings (SSSR count). The number of ether oxygens (including phenoxy) is 2. The van der Waals surface area contributed by atoms with Crippen LogP contribution in [0.25, 0.3) is 0 Å². The second kappa shape index (κ2) is 13.6. The first kappa shape index (κ1) is 32.2. The quantitative estimate of drug-likeness (QED) is 0.289. The molecule has 1 N–H and O–H groups in total. The first-order chi connectivity index (χ1) is 18.4. The van der Waals surface area contributed by atoms with Gasteiger partial charge in [0.25, 0.3) is 0 Å². The van der Waals surface area contributed by atoms with Crippen LogP contribution in [0.3, 0.4) is 0 Å². The van der Waals surface area contributed by atoms with E-state index in [0.717, 1.165) is 53.4 Å². The molecule has 4 nitrogen and oxygen atoms in total. The molecule has 2 heterocycles. The van der Waals surface area contributed by atoms with Gasteiger partial charge in [0.2, 0.25) is 0 Å². The van der Waals surface area contributed by atoms with Crippen LogP contribution in [0, 0.1) is 42.4 Å². The highest BCUT2D eigenvalue weighted by Crippen LogP contribution is 2.49. The van der Waals surface area contributed by atoms with Crippen molar-refractivity contribution in [1.29, 1.82) is 0 Å². The molecular formula is C34H58O4Si. The first-order valence-corrected chi connectivity index (χ1v) is 18.4. The summed E-state index contributed by atoms with van der Waals surface area (Å²) in [5.41, 5.74) is 3.02. The lowest BCUT2D eigenvalue weighted by molar-refractivity contribution is -0.179. The third-order valence-corrected chi connectivity index (χ3v) is 14.9. The Bertz CT molecular complexity index is 948. The van der Waals surface area contributed by atoms with Gasteiger partial charge in [-0.2, -0.15) is 0 Å². The Morgan fingerprint density at radius 2 is 1.54 bits per heavy atom. The molecule has 2 bridgehead atoms. The van der Waals surface area contributed by atoms with Crippen molar-refractivity contribution in [3.63, 3.8) is 0 Å². The average Bonchev–Trinajstić information content (AvgIpc) is 2.87. The summed E-state index contributed by atoms with van der Waals surface area (Å²) < 4.78 is 21.0. The number of aryl methyl sites for hydroxylation is 1. The Kier molecular flexibility index (Phi) is 11.2. The van der Waals surface area contributed by atoms with Crippen LogP contribution in [0.5, 0.6) is 11.5 Å². The van der Waals surface area contributed by atoms with Crippen LogP contribution < -0.4 is 4.74 Å². The number of fused-ring (bicyclic) bond motifs is 4. The highest BCUT2D eigenvalue weighted by atomic mass is 28.4. The van der Waals surface area contributed by atoms with Gasteiger partial charge in [0.15, 0.2) is 8.32 Å². The Morgan fingerprint density at radius 3 is 2.15 bits per heavy atom. The van der Waals surface area contributed by atoms with Gasteiger partial charge in [-0.15, -0.1) is 0 Å². The molecule has 1 unspecified atom stereocenters. The van der Waals surface area contributed by atoms with E-state index in [4.69, 9.17) is 13.9 Å². The molecule has 1 fully saturated rings. The molecule has 0 amide bonds. The summed E-state index contributed by atoms with van der Waals surface area (Å²) >= 11 is 0. The summed E-state index contributed by atoms with van der Waals surface area (Å²) in [6.45, 7) is 28.0. The number of hydrogen-bond acceptors (Lipinski definition) is 4. The monoisotopic (exact) mass is 558 g/mol. The van der Waals surface area contributed by atoms with Crippen LogP contribution >= 0.6 is 0 Å². The van der Waals surface area contributed by atoms with Crippen LogP contribution in [0.2, 0.25) is 18.1 Å². The molecule has 2 aliphatic rings. The van der Waals surface area contributed by atoms with E-state index in [1.807, 2.05) is 13.0 Å². The lowest BCUT2D eigenvalue weighted by Crippen LogP contribution is -2.53. The fourth-order valence-corrected chi connectivity index (χ4v) is 10.7. The molecule has 0 saturated carbocycles. The normalized spacial score (nSPS) is 34.9. The van der Waals surface area contributed by atoms with Gasteiger partial charge in [-0.3, -0.25) is 0 Å². The second-order valence-electron chi connectivity index (χ2n) is 13.5. The number of rotatable bonds is 5. The first-order valence-electron chi connectivity index (χ1n) is 15.8. The van der Waals surface area contributed by atoms with E-state index in [-0.39, 0.29) is 30.0 Å². The van der Waals surface area contributed by atoms with Crippen LogP contribution in [0.4, 0.5) is 0 Å². The summed E-state index contributed by atoms with van der Waals surface area (Å²) in [5.74, 6) is 3.59. The van der Waals surface area contributed by atoms with Crippen molar-refractivity contribution in [2.24, 2.45) is 35.5 Å². The lowest BCUT2D eigenvalue weighted by Gasteiger charge is -2.50. The van der Waals surface area contributed by atoms with Crippen LogP contribution in [-0.4, -0.2) is 32.2 Å². The zero-order chi connectivity index (χ0) is 29.1. The molecule has 5 heteroatoms. The van der Waals surface area contributed by atoms with Gasteiger partial charge in [-0.1, -0.05) is 68.9 Å². The smallest absolute Gasteiger partial charge is 0.192 e. The van der Waals surface area contributed by atoms with E-state index in [2.05, 4.69) is 68.9 Å². The Morgan fingerprint density at radius 1 is 0.923 bits per heavy atom. The zero-order valence-electron chi connectivity index (χ0n) is 26.7. The van der Waals surface area contributed by atoms with Crippen molar-refractivity contribution in [1.82, 2.24) is 0 Å². The maximum absolute atomic E-state index is 10.7. The van der Waals surface area contributed by atoms with Gasteiger partial charge < -0.3 is 19.0 Å². The largest absolute Gasteiger partial charge is 0.508 e. The molecule has 0 spiro atoms. The van der Waals surface area contributed by atoms with Crippen molar-refractivity contribution in [3.05, 3.63) is 35.4 Å². The van der Waals surface area contributed by atoms with Gasteiger partial charge in [0.05, 0.1) is 18.3 Å². The van der Waals surface area contributed by atoms with Crippen molar-refractivity contribution in [2.75, 3.05) is 6.61 Å². The predicted octanol–water partition coefficient (Wildman–Crippen LogP) is 9.47. The van der Waals surface area contributed by atoms with Crippen LogP contribution in [0.15, 0.2) is 24.3 Å². The van der Waals surface area contributed by atoms with Crippen molar-refractivity contribution < 1.29 is 19.0 Å². The highest BCUT2D eigenvalue weighted by Gasteiger charge is 2.48. The van der Waals surface area contributed by atoms with E-state index < -0.39 is 8.32 Å². The number of benzene rings is 1. The standard InChI is InChI=1S/C34H58O4Si/c1-12-39(13-2,14-3)38-33-27(10)31-24(7)17-22(5)15-21(4)16-23(6)26(9)20-36-32-25(8)18-29(35)19-30(32)34(37-31)28(33)11/h18-19,21-24,27-28,31,33-35H,9,12-17,20H2,1-8,10-11H3/t21-,22?,23+,24-,27+,28-,31-,33+,34-/m1/s1. The van der Waals surface area contributed by atoms with Gasteiger partial charge in [0, 0.05) is 17.4 Å². The third kappa shape index (κ3) is 7.32. The number of aromatic hydroxyl groups is 1. The summed E-state index contributed by atoms with van der Waals surface area (Å²) in [6, 6.07) is 7.08. The summed E-state index contributed by atoms with van der Waals surface area (Å²) in [6.07, 6.45) is 3.48. The molecule has 222 valence electrons. The maximum Gasteiger partial charge on any atom is 0.192 e. The van der Waals surface area contributed by atoms with E-state index in [1.54, 1.807) is 6.07 Å². The molecule has 1 saturated heterocycles. The molecule has 1 aromatic rings. The molecular weight excluding hydrogens is 500 g/mol. The van der Waals surface area contributed by atoms with Crippen LogP contribution in [0.1, 0.15) is 98.8 Å². The minimum absolute atomic E-state index is 0.0840. The molecule has 2 aliphatic heterocycles. The third-order valence-electron chi connectivity index (χ3n) is 10.2. The number of hydrogen-bond donors (Lipinski definition) is 1. The number of phenols is 1. The van der Waals surface area contributed by atoms with E-state index in [9.17, 15) is 5.11 Å². The van der Waals surface area contributed by atoms with Crippen molar-refractivity contribution in [2.45, 2.75) is 125 Å². The lowest BCUT2D eigenvalue weighted by atomic mass is 9.74. The summed E-state index contributed by atoms with van der Waals surface area (Å²) in [5, 5.41) is 10.7. The predicted molar refractivity (Wildman–Crippen MR) is 166 cm³/mol. The minimum atomic E-state index is -1.85. The van der Waals surface area contributed by atoms with E-state index in [1.165, 1.54) is 6.42 Å². The van der Waals surface area contributed by atoms with Gasteiger partial charge >= 0.3 is 0 Å². The Labute approximate surface area is 241 Å². The Hall–Kier alpha value is -1.30. The topological polar surface area (TPSA) is 47.9 Å². The number of phenolic OH excluding ortho intramolecular Hbond substituents is 1. The molecule has 0 aliphatic carbocycles. The highest BCUT2D eigenvalue weighted by molar-refractivity contribution is 6.73. The molecule has 0 aromatic heterocycles. The van der Waals surface area contributed by atoms with E-state index >= 15 is 0 Å². The fraction of sp³-hybridized carbons (Fsp3) is 0.765. The maximum atomic E-state index is 10.7. The minimum Gasteiger partial charge on any atom is -0.508 e. The summed E-state index contributed by atoms with van der Waals surface area (Å²) in [7, 11) is -1.85. The molecule has 1 aromatic carbocycles. The van der Waals surface area contributed by atoms with Gasteiger partial charge in [-0.25, -0.2) is 0 Å². The molecule has 9 atom stereocenters. The van der Waals surface area contributed by atoms with Gasteiger partial charge in [0.1, 0.15) is 18.1 Å². The Balaban J connectivity index is 2.13. The van der Waals surface area contributed by atoms with Gasteiger partial charge in [-0.05, 0) is 91.3 Å². The van der Waals surface area contributed by atoms with Crippen molar-refractivity contribution in [3.8, 4) is 11.5 Å². The molecule has 0 radical (unpaired) electrons. The summed E-state index contributed by atoms with van der Waals surface area (Å²) in [4.78, 5) is 0. The molecule has 39 heavy (non-hydrogen) atoms. The second-order valence-corrected chi connectivity index (χ2v) is 18.2. The average molecular weight is 559 g/mol. The fourth-order valence-electron chi connectivity index (χ4n) is 7.68. The van der Waals surface area contributed by atoms with E-state index in [0.29, 0.717) is 36.2 Å². The SMILES string of the molecule is C=C1COc2c(C)cc(O)cc2[C@@H]2O[C@@H]([C@H](C)[C@H](O[Si](CC)(CC)CC)[C@H]2C)[C@H](C)CC(C)C[C@@H](C)C[C@@H]1C. The zero-order valence-corrected chi connectivity index (χ0v) is 27.7.